The molecule has 0 spiro atoms. The summed E-state index contributed by atoms with van der Waals surface area (Å²) >= 11 is 3.42. The molecule has 1 heterocycles. The molecular formula is C14H18BrN3O2. The third-order valence-electron chi connectivity index (χ3n) is 2.97. The van der Waals surface area contributed by atoms with Crippen LogP contribution in [0.5, 0.6) is 5.75 Å². The predicted molar refractivity (Wildman–Crippen MR) is 79.5 cm³/mol. The molecule has 0 unspecified atom stereocenters. The minimum absolute atomic E-state index is 0.0630. The molecule has 108 valence electrons. The smallest absolute Gasteiger partial charge is 0.165 e. The molecular weight excluding hydrogens is 322 g/mol. The summed E-state index contributed by atoms with van der Waals surface area (Å²) in [7, 11) is 0. The first-order valence-corrected chi connectivity index (χ1v) is 7.23. The first kappa shape index (κ1) is 15.0. The van der Waals surface area contributed by atoms with E-state index in [9.17, 15) is 5.11 Å². The SMILES string of the molecule is Cc1cc(Br)cc(CO)c1OCc1ncnn1C(C)C. The van der Waals surface area contributed by atoms with Crippen molar-refractivity contribution in [2.75, 3.05) is 0 Å². The van der Waals surface area contributed by atoms with Crippen molar-refractivity contribution in [3.8, 4) is 5.75 Å². The molecule has 2 aromatic rings. The van der Waals surface area contributed by atoms with Crippen LogP contribution in [0.2, 0.25) is 0 Å². The molecule has 0 bridgehead atoms. The van der Waals surface area contributed by atoms with Gasteiger partial charge in [-0.2, -0.15) is 5.10 Å². The third-order valence-corrected chi connectivity index (χ3v) is 3.43. The Bertz CT molecular complexity index is 596. The second-order valence-corrected chi connectivity index (χ2v) is 5.79. The van der Waals surface area contributed by atoms with Crippen LogP contribution < -0.4 is 4.74 Å². The van der Waals surface area contributed by atoms with Crippen LogP contribution in [-0.2, 0) is 13.2 Å². The predicted octanol–water partition coefficient (Wildman–Crippen LogP) is 3.00. The van der Waals surface area contributed by atoms with Gasteiger partial charge in [0.2, 0.25) is 0 Å². The highest BCUT2D eigenvalue weighted by molar-refractivity contribution is 9.10. The molecule has 0 radical (unpaired) electrons. The molecule has 2 rings (SSSR count). The molecule has 1 aromatic heterocycles. The van der Waals surface area contributed by atoms with E-state index in [1.54, 1.807) is 0 Å². The van der Waals surface area contributed by atoms with Crippen molar-refractivity contribution in [2.24, 2.45) is 0 Å². The maximum Gasteiger partial charge on any atom is 0.165 e. The Kier molecular flexibility index (Phi) is 4.77. The molecule has 5 nitrogen and oxygen atoms in total. The van der Waals surface area contributed by atoms with Gasteiger partial charge < -0.3 is 9.84 Å². The lowest BCUT2D eigenvalue weighted by molar-refractivity contribution is 0.249. The number of hydrogen-bond acceptors (Lipinski definition) is 4. The van der Waals surface area contributed by atoms with E-state index in [1.807, 2.05) is 37.6 Å². The van der Waals surface area contributed by atoms with Crippen molar-refractivity contribution >= 4 is 15.9 Å². The Balaban J connectivity index is 2.21. The average molecular weight is 340 g/mol. The molecule has 6 heteroatoms. The number of aliphatic hydroxyl groups is 1. The van der Waals surface area contributed by atoms with Gasteiger partial charge in [-0.05, 0) is 38.5 Å². The maximum atomic E-state index is 9.43. The molecule has 20 heavy (non-hydrogen) atoms. The summed E-state index contributed by atoms with van der Waals surface area (Å²) in [5.74, 6) is 1.47. The number of aliphatic hydroxyl groups excluding tert-OH is 1. The fourth-order valence-electron chi connectivity index (χ4n) is 2.07. The lowest BCUT2D eigenvalue weighted by Gasteiger charge is -2.15. The van der Waals surface area contributed by atoms with Crippen LogP contribution in [0, 0.1) is 6.92 Å². The number of aryl methyl sites for hydroxylation is 1. The standard InChI is InChI=1S/C14H18BrN3O2/c1-9(2)18-13(16-8-17-18)7-20-14-10(3)4-12(15)5-11(14)6-19/h4-5,8-9,19H,6-7H2,1-3H3. The topological polar surface area (TPSA) is 60.2 Å². The number of aromatic nitrogens is 3. The van der Waals surface area contributed by atoms with E-state index in [0.29, 0.717) is 12.4 Å². The van der Waals surface area contributed by atoms with E-state index in [0.717, 1.165) is 21.4 Å². The Labute approximate surface area is 126 Å². The summed E-state index contributed by atoms with van der Waals surface area (Å²) in [5, 5.41) is 13.6. The Hall–Kier alpha value is -1.40. The maximum absolute atomic E-state index is 9.43. The summed E-state index contributed by atoms with van der Waals surface area (Å²) in [6.45, 7) is 6.30. The van der Waals surface area contributed by atoms with Crippen LogP contribution in [0.3, 0.4) is 0 Å². The molecule has 0 atom stereocenters. The van der Waals surface area contributed by atoms with Crippen LogP contribution in [0.15, 0.2) is 22.9 Å². The van der Waals surface area contributed by atoms with E-state index in [-0.39, 0.29) is 12.6 Å². The molecule has 0 amide bonds. The zero-order valence-electron chi connectivity index (χ0n) is 11.8. The normalized spacial score (nSPS) is 11.1. The van der Waals surface area contributed by atoms with Gasteiger partial charge in [-0.25, -0.2) is 9.67 Å². The highest BCUT2D eigenvalue weighted by Crippen LogP contribution is 2.28. The quantitative estimate of drug-likeness (QED) is 0.909. The zero-order valence-corrected chi connectivity index (χ0v) is 13.4. The van der Waals surface area contributed by atoms with Crippen LogP contribution in [0.1, 0.15) is 36.8 Å². The van der Waals surface area contributed by atoms with Crippen LogP contribution in [0.4, 0.5) is 0 Å². The molecule has 0 aliphatic rings. The largest absolute Gasteiger partial charge is 0.485 e. The molecule has 1 aromatic carbocycles. The van der Waals surface area contributed by atoms with Crippen LogP contribution in [0.25, 0.3) is 0 Å². The van der Waals surface area contributed by atoms with Gasteiger partial charge in [0.15, 0.2) is 5.82 Å². The van der Waals surface area contributed by atoms with Crippen molar-refractivity contribution in [1.82, 2.24) is 14.8 Å². The van der Waals surface area contributed by atoms with Gasteiger partial charge in [0.25, 0.3) is 0 Å². The molecule has 0 saturated carbocycles. The summed E-state index contributed by atoms with van der Waals surface area (Å²) in [6.07, 6.45) is 1.53. The number of benzene rings is 1. The summed E-state index contributed by atoms with van der Waals surface area (Å²) in [5.41, 5.74) is 1.73. The van der Waals surface area contributed by atoms with Crippen molar-refractivity contribution in [3.05, 3.63) is 39.9 Å². The molecule has 0 aliphatic heterocycles. The third kappa shape index (κ3) is 3.19. The Morgan fingerprint density at radius 2 is 2.15 bits per heavy atom. The van der Waals surface area contributed by atoms with Crippen molar-refractivity contribution < 1.29 is 9.84 Å². The number of halogens is 1. The Morgan fingerprint density at radius 1 is 1.40 bits per heavy atom. The second kappa shape index (κ2) is 6.37. The zero-order chi connectivity index (χ0) is 14.7. The fraction of sp³-hybridized carbons (Fsp3) is 0.429. The fourth-order valence-corrected chi connectivity index (χ4v) is 2.69. The molecule has 0 fully saturated rings. The minimum atomic E-state index is -0.0630. The summed E-state index contributed by atoms with van der Waals surface area (Å²) < 4.78 is 8.60. The first-order chi connectivity index (χ1) is 9.52. The number of ether oxygens (including phenoxy) is 1. The Morgan fingerprint density at radius 3 is 2.80 bits per heavy atom. The van der Waals surface area contributed by atoms with Gasteiger partial charge in [0, 0.05) is 16.1 Å². The van der Waals surface area contributed by atoms with Crippen molar-refractivity contribution in [1.29, 1.82) is 0 Å². The molecule has 1 N–H and O–H groups in total. The van der Waals surface area contributed by atoms with Gasteiger partial charge in [-0.3, -0.25) is 0 Å². The van der Waals surface area contributed by atoms with Crippen molar-refractivity contribution in [3.63, 3.8) is 0 Å². The van der Waals surface area contributed by atoms with E-state index in [1.165, 1.54) is 6.33 Å². The van der Waals surface area contributed by atoms with E-state index >= 15 is 0 Å². The summed E-state index contributed by atoms with van der Waals surface area (Å²) in [6, 6.07) is 4.05. The van der Waals surface area contributed by atoms with Gasteiger partial charge >= 0.3 is 0 Å². The number of rotatable bonds is 5. The van der Waals surface area contributed by atoms with Crippen LogP contribution in [-0.4, -0.2) is 19.9 Å². The monoisotopic (exact) mass is 339 g/mol. The second-order valence-electron chi connectivity index (χ2n) is 4.87. The van der Waals surface area contributed by atoms with Gasteiger partial charge in [-0.1, -0.05) is 15.9 Å². The van der Waals surface area contributed by atoms with Gasteiger partial charge in [0.05, 0.1) is 6.61 Å². The lowest BCUT2D eigenvalue weighted by atomic mass is 10.1. The lowest BCUT2D eigenvalue weighted by Crippen LogP contribution is -2.11. The summed E-state index contributed by atoms with van der Waals surface area (Å²) in [4.78, 5) is 4.21. The highest BCUT2D eigenvalue weighted by atomic mass is 79.9. The van der Waals surface area contributed by atoms with E-state index in [2.05, 4.69) is 26.0 Å². The van der Waals surface area contributed by atoms with E-state index < -0.39 is 0 Å². The number of nitrogens with zero attached hydrogens (tertiary/aromatic N) is 3. The molecule has 0 aliphatic carbocycles. The van der Waals surface area contributed by atoms with Crippen molar-refractivity contribution in [2.45, 2.75) is 40.0 Å². The first-order valence-electron chi connectivity index (χ1n) is 6.44. The average Bonchev–Trinajstić information content (AvgIpc) is 2.85. The minimum Gasteiger partial charge on any atom is -0.485 e. The van der Waals surface area contributed by atoms with Gasteiger partial charge in [0.1, 0.15) is 18.7 Å². The van der Waals surface area contributed by atoms with Crippen LogP contribution >= 0.6 is 15.9 Å². The number of hydrogen-bond donors (Lipinski definition) is 1. The highest BCUT2D eigenvalue weighted by Gasteiger charge is 2.12. The molecule has 0 saturated heterocycles. The van der Waals surface area contributed by atoms with Gasteiger partial charge in [-0.15, -0.1) is 0 Å². The van der Waals surface area contributed by atoms with E-state index in [4.69, 9.17) is 4.74 Å².